The number of sulfonamides is 1. The van der Waals surface area contributed by atoms with Gasteiger partial charge in [0.15, 0.2) is 6.29 Å². The molecule has 13 heteroatoms. The normalized spacial score (nSPS) is 22.6. The van der Waals surface area contributed by atoms with Crippen molar-refractivity contribution in [2.45, 2.75) is 68.5 Å². The number of alkyl carbamates (subject to hydrolysis) is 1. The fraction of sp³-hybridized carbons (Fsp3) is 0.447. The first-order chi connectivity index (χ1) is 24.6. The Hall–Kier alpha value is -4.14. The number of nitrogens with zero attached hydrogens (tertiary/aromatic N) is 2. The second kappa shape index (κ2) is 16.5. The molecule has 2 saturated heterocycles. The predicted molar refractivity (Wildman–Crippen MR) is 192 cm³/mol. The highest BCUT2D eigenvalue weighted by Gasteiger charge is 2.44. The van der Waals surface area contributed by atoms with Crippen LogP contribution in [-0.2, 0) is 41.9 Å². The summed E-state index contributed by atoms with van der Waals surface area (Å²) < 4.78 is 46.7. The third kappa shape index (κ3) is 9.03. The fourth-order valence-electron chi connectivity index (χ4n) is 6.78. The number of amides is 2. The van der Waals surface area contributed by atoms with Crippen LogP contribution in [0.5, 0.6) is 0 Å². The number of ether oxygens (including phenoxy) is 3. The Morgan fingerprint density at radius 3 is 2.51 bits per heavy atom. The van der Waals surface area contributed by atoms with Crippen molar-refractivity contribution in [2.75, 3.05) is 38.2 Å². The Morgan fingerprint density at radius 2 is 1.78 bits per heavy atom. The van der Waals surface area contributed by atoms with Gasteiger partial charge in [-0.1, -0.05) is 74.5 Å². The topological polar surface area (TPSA) is 156 Å². The zero-order valence-electron chi connectivity index (χ0n) is 28.9. The third-order valence-corrected chi connectivity index (χ3v) is 11.3. The SMILES string of the molecule is CC(C)CN(CC(O)C(Cc1ccccc1)NC(=O)OC1COC2OCCC12)S(=O)(=O)c1ccc2c(c1)C(C=NCCc1ccccc1)C(=O)N2. The summed E-state index contributed by atoms with van der Waals surface area (Å²) in [6.07, 6.45) is 0.352. The number of carbonyl (C=O) groups excluding carboxylic acids is 2. The Labute approximate surface area is 299 Å². The van der Waals surface area contributed by atoms with Gasteiger partial charge in [-0.3, -0.25) is 9.79 Å². The third-order valence-electron chi connectivity index (χ3n) is 9.43. The molecule has 6 rings (SSSR count). The minimum Gasteiger partial charge on any atom is -0.443 e. The summed E-state index contributed by atoms with van der Waals surface area (Å²) in [4.78, 5) is 30.6. The molecule has 0 radical (unpaired) electrons. The fourth-order valence-corrected chi connectivity index (χ4v) is 8.43. The summed E-state index contributed by atoms with van der Waals surface area (Å²) in [5.41, 5.74) is 3.03. The molecule has 51 heavy (non-hydrogen) atoms. The average Bonchev–Trinajstić information content (AvgIpc) is 3.82. The smallest absolute Gasteiger partial charge is 0.407 e. The quantitative estimate of drug-likeness (QED) is 0.198. The van der Waals surface area contributed by atoms with Gasteiger partial charge in [0.1, 0.15) is 12.0 Å². The summed E-state index contributed by atoms with van der Waals surface area (Å²) >= 11 is 0. The van der Waals surface area contributed by atoms with Gasteiger partial charge in [-0.2, -0.15) is 4.31 Å². The number of benzene rings is 3. The monoisotopic (exact) mass is 718 g/mol. The molecule has 0 saturated carbocycles. The minimum absolute atomic E-state index is 0.00478. The minimum atomic E-state index is -4.16. The summed E-state index contributed by atoms with van der Waals surface area (Å²) in [6.45, 7) is 4.84. The van der Waals surface area contributed by atoms with E-state index in [4.69, 9.17) is 14.2 Å². The first-order valence-corrected chi connectivity index (χ1v) is 18.9. The van der Waals surface area contributed by atoms with E-state index < -0.39 is 46.6 Å². The molecule has 0 spiro atoms. The molecule has 2 amide bonds. The van der Waals surface area contributed by atoms with Gasteiger partial charge in [-0.15, -0.1) is 0 Å². The van der Waals surface area contributed by atoms with Crippen LogP contribution >= 0.6 is 0 Å². The molecule has 2 fully saturated rings. The number of hydrogen-bond donors (Lipinski definition) is 3. The van der Waals surface area contributed by atoms with Crippen LogP contribution in [0, 0.1) is 11.8 Å². The lowest BCUT2D eigenvalue weighted by molar-refractivity contribution is -0.115. The van der Waals surface area contributed by atoms with Crippen LogP contribution in [0.1, 0.15) is 42.9 Å². The molecule has 6 atom stereocenters. The lowest BCUT2D eigenvalue weighted by Crippen LogP contribution is -2.51. The van der Waals surface area contributed by atoms with Crippen molar-refractivity contribution < 1.29 is 37.3 Å². The molecule has 0 aromatic heterocycles. The largest absolute Gasteiger partial charge is 0.443 e. The van der Waals surface area contributed by atoms with E-state index in [0.717, 1.165) is 17.5 Å². The molecule has 3 aromatic rings. The number of aliphatic imine (C=N–C) groups is 1. The molecule has 3 N–H and O–H groups in total. The number of fused-ring (bicyclic) bond motifs is 2. The number of nitrogens with one attached hydrogen (secondary N) is 2. The molecule has 272 valence electrons. The highest BCUT2D eigenvalue weighted by atomic mass is 32.2. The lowest BCUT2D eigenvalue weighted by atomic mass is 10.0. The van der Waals surface area contributed by atoms with Gasteiger partial charge in [-0.25, -0.2) is 13.2 Å². The van der Waals surface area contributed by atoms with Crippen LogP contribution in [0.15, 0.2) is 88.8 Å². The van der Waals surface area contributed by atoms with E-state index in [9.17, 15) is 23.1 Å². The van der Waals surface area contributed by atoms with Crippen molar-refractivity contribution in [1.82, 2.24) is 9.62 Å². The van der Waals surface area contributed by atoms with Crippen LogP contribution < -0.4 is 10.6 Å². The molecular weight excluding hydrogens is 673 g/mol. The van der Waals surface area contributed by atoms with Crippen molar-refractivity contribution in [3.8, 4) is 0 Å². The van der Waals surface area contributed by atoms with Crippen LogP contribution in [0.3, 0.4) is 0 Å². The standard InChI is InChI=1S/C38H46N4O8S/c1-25(2)22-42(23-34(43)33(19-27-11-7-4-8-12-27)41-38(45)50-35-24-49-37-29(35)16-18-48-37)51(46,47)28-13-14-32-30(20-28)31(36(44)40-32)21-39-17-15-26-9-5-3-6-10-26/h3-14,20-21,25,29,31,33-35,37,43H,15-19,22-24H2,1-2H3,(H,40,44)(H,41,45). The molecule has 3 aliphatic heterocycles. The maximum Gasteiger partial charge on any atom is 0.407 e. The van der Waals surface area contributed by atoms with Gasteiger partial charge < -0.3 is 30.0 Å². The van der Waals surface area contributed by atoms with Crippen LogP contribution in [0.2, 0.25) is 0 Å². The Kier molecular flexibility index (Phi) is 11.8. The maximum absolute atomic E-state index is 14.3. The van der Waals surface area contributed by atoms with Crippen molar-refractivity contribution in [1.29, 1.82) is 0 Å². The molecule has 0 aliphatic carbocycles. The van der Waals surface area contributed by atoms with E-state index in [2.05, 4.69) is 15.6 Å². The molecule has 6 unspecified atom stereocenters. The van der Waals surface area contributed by atoms with Gasteiger partial charge in [-0.05, 0) is 60.1 Å². The zero-order valence-corrected chi connectivity index (χ0v) is 29.7. The highest BCUT2D eigenvalue weighted by Crippen LogP contribution is 2.35. The van der Waals surface area contributed by atoms with Gasteiger partial charge in [0, 0.05) is 31.5 Å². The number of carbonyl (C=O) groups is 2. The predicted octanol–water partition coefficient (Wildman–Crippen LogP) is 4.14. The van der Waals surface area contributed by atoms with Crippen molar-refractivity contribution in [2.24, 2.45) is 16.8 Å². The molecule has 3 heterocycles. The summed E-state index contributed by atoms with van der Waals surface area (Å²) in [6, 6.07) is 22.9. The maximum atomic E-state index is 14.3. The van der Waals surface area contributed by atoms with E-state index in [1.165, 1.54) is 16.4 Å². The van der Waals surface area contributed by atoms with Crippen LogP contribution in [0.25, 0.3) is 0 Å². The van der Waals surface area contributed by atoms with Gasteiger partial charge in [0.25, 0.3) is 0 Å². The first kappa shape index (κ1) is 36.6. The highest BCUT2D eigenvalue weighted by molar-refractivity contribution is 7.89. The van der Waals surface area contributed by atoms with Gasteiger partial charge in [0.05, 0.1) is 36.2 Å². The molecule has 0 bridgehead atoms. The van der Waals surface area contributed by atoms with Gasteiger partial charge in [0.2, 0.25) is 15.9 Å². The first-order valence-electron chi connectivity index (χ1n) is 17.5. The second-order valence-corrected chi connectivity index (χ2v) is 15.6. The second-order valence-electron chi connectivity index (χ2n) is 13.7. The number of rotatable bonds is 15. The van der Waals surface area contributed by atoms with Gasteiger partial charge >= 0.3 is 6.09 Å². The van der Waals surface area contributed by atoms with Crippen LogP contribution in [0.4, 0.5) is 10.5 Å². The Bertz CT molecular complexity index is 1790. The number of aliphatic hydroxyl groups is 1. The van der Waals surface area contributed by atoms with Crippen LogP contribution in [-0.4, -0.2) is 93.4 Å². The Balaban J connectivity index is 1.18. The van der Waals surface area contributed by atoms with E-state index in [0.29, 0.717) is 30.8 Å². The molecular formula is C38H46N4O8S. The van der Waals surface area contributed by atoms with E-state index in [1.54, 1.807) is 12.3 Å². The summed E-state index contributed by atoms with van der Waals surface area (Å²) in [7, 11) is -4.16. The number of anilines is 1. The average molecular weight is 719 g/mol. The van der Waals surface area contributed by atoms with E-state index >= 15 is 0 Å². The van der Waals surface area contributed by atoms with Crippen molar-refractivity contribution >= 4 is 33.9 Å². The molecule has 3 aliphatic rings. The van der Waals surface area contributed by atoms with Crippen molar-refractivity contribution in [3.05, 3.63) is 95.6 Å². The Morgan fingerprint density at radius 1 is 1.06 bits per heavy atom. The van der Waals surface area contributed by atoms with Crippen molar-refractivity contribution in [3.63, 3.8) is 0 Å². The summed E-state index contributed by atoms with van der Waals surface area (Å²) in [5, 5.41) is 17.3. The molecule has 12 nitrogen and oxygen atoms in total. The lowest BCUT2D eigenvalue weighted by Gasteiger charge is -2.31. The number of hydrogen-bond acceptors (Lipinski definition) is 9. The number of aliphatic hydroxyl groups excluding tert-OH is 1. The summed E-state index contributed by atoms with van der Waals surface area (Å²) in [5.74, 6) is -1.15. The molecule has 3 aromatic carbocycles. The van der Waals surface area contributed by atoms with E-state index in [1.807, 2.05) is 74.5 Å². The zero-order chi connectivity index (χ0) is 36.0. The van der Waals surface area contributed by atoms with E-state index in [-0.39, 0.29) is 48.8 Å².